The molecule has 1 amide bonds. The number of nitrogens with zero attached hydrogens (tertiary/aromatic N) is 2. The number of hydrogen-bond acceptors (Lipinski definition) is 7. The number of hydrogen-bond donors (Lipinski definition) is 0. The highest BCUT2D eigenvalue weighted by Crippen LogP contribution is 2.34. The van der Waals surface area contributed by atoms with Crippen LogP contribution < -0.4 is 4.90 Å². The van der Waals surface area contributed by atoms with Crippen molar-refractivity contribution in [3.8, 4) is 0 Å². The number of rotatable bonds is 5. The SMILES string of the molecule is CCOC1=C(C(=O)OC(C)(C)C)C(C(=O)OC(C)(C)C)N(c2cccc(C)n2)C1=O. The van der Waals surface area contributed by atoms with Crippen LogP contribution in [0.25, 0.3) is 0 Å². The van der Waals surface area contributed by atoms with Gasteiger partial charge in [0.15, 0.2) is 11.8 Å². The van der Waals surface area contributed by atoms with E-state index >= 15 is 0 Å². The molecular weight excluding hydrogens is 388 g/mol. The molecule has 8 heteroatoms. The Balaban J connectivity index is 2.65. The van der Waals surface area contributed by atoms with Crippen LogP contribution in [0.2, 0.25) is 0 Å². The van der Waals surface area contributed by atoms with E-state index in [1.54, 1.807) is 73.6 Å². The van der Waals surface area contributed by atoms with E-state index in [2.05, 4.69) is 4.98 Å². The quantitative estimate of drug-likeness (QED) is 0.678. The molecule has 0 aliphatic carbocycles. The highest BCUT2D eigenvalue weighted by molar-refractivity contribution is 6.19. The Bertz CT molecular complexity index is 876. The lowest BCUT2D eigenvalue weighted by atomic mass is 10.1. The fourth-order valence-electron chi connectivity index (χ4n) is 2.90. The van der Waals surface area contributed by atoms with Crippen molar-refractivity contribution in [3.63, 3.8) is 0 Å². The molecule has 2 heterocycles. The third-order valence-corrected chi connectivity index (χ3v) is 3.85. The van der Waals surface area contributed by atoms with E-state index in [0.717, 1.165) is 4.90 Å². The van der Waals surface area contributed by atoms with Crippen LogP contribution in [0.4, 0.5) is 5.82 Å². The van der Waals surface area contributed by atoms with Crippen LogP contribution in [-0.2, 0) is 28.6 Å². The van der Waals surface area contributed by atoms with Gasteiger partial charge in [-0.2, -0.15) is 0 Å². The molecule has 0 N–H and O–H groups in total. The molecule has 0 radical (unpaired) electrons. The molecule has 0 bridgehead atoms. The summed E-state index contributed by atoms with van der Waals surface area (Å²) in [6, 6.07) is 3.69. The second-order valence-electron chi connectivity index (χ2n) is 8.93. The van der Waals surface area contributed by atoms with E-state index in [4.69, 9.17) is 14.2 Å². The first-order chi connectivity index (χ1) is 13.7. The number of aromatic nitrogens is 1. The molecule has 0 saturated carbocycles. The van der Waals surface area contributed by atoms with Gasteiger partial charge in [-0.1, -0.05) is 6.07 Å². The Labute approximate surface area is 177 Å². The van der Waals surface area contributed by atoms with Gasteiger partial charge >= 0.3 is 11.9 Å². The minimum absolute atomic E-state index is 0.128. The number of pyridine rings is 1. The average molecular weight is 418 g/mol. The summed E-state index contributed by atoms with van der Waals surface area (Å²) in [6.07, 6.45) is 0. The molecule has 164 valence electrons. The third kappa shape index (κ3) is 5.37. The minimum atomic E-state index is -1.37. The second-order valence-corrected chi connectivity index (χ2v) is 8.93. The van der Waals surface area contributed by atoms with Gasteiger partial charge in [0.1, 0.15) is 22.6 Å². The maximum atomic E-state index is 13.3. The summed E-state index contributed by atoms with van der Waals surface area (Å²) in [7, 11) is 0. The molecule has 8 nitrogen and oxygen atoms in total. The van der Waals surface area contributed by atoms with E-state index in [-0.39, 0.29) is 23.8 Å². The van der Waals surface area contributed by atoms with E-state index < -0.39 is 35.1 Å². The first kappa shape index (κ1) is 23.4. The molecule has 1 aromatic heterocycles. The summed E-state index contributed by atoms with van der Waals surface area (Å²) in [6.45, 7) is 13.8. The van der Waals surface area contributed by atoms with Crippen LogP contribution in [0.5, 0.6) is 0 Å². The van der Waals surface area contributed by atoms with Gasteiger partial charge in [-0.3, -0.25) is 9.69 Å². The van der Waals surface area contributed by atoms with E-state index in [0.29, 0.717) is 5.69 Å². The van der Waals surface area contributed by atoms with Crippen molar-refractivity contribution in [2.45, 2.75) is 72.6 Å². The van der Waals surface area contributed by atoms with Gasteiger partial charge in [0.2, 0.25) is 0 Å². The Morgan fingerprint density at radius 1 is 1.07 bits per heavy atom. The van der Waals surface area contributed by atoms with Gasteiger partial charge in [-0.25, -0.2) is 14.6 Å². The van der Waals surface area contributed by atoms with Gasteiger partial charge in [0, 0.05) is 5.69 Å². The van der Waals surface area contributed by atoms with Crippen LogP contribution in [0, 0.1) is 6.92 Å². The summed E-state index contributed by atoms with van der Waals surface area (Å²) in [5, 5.41) is 0. The van der Waals surface area contributed by atoms with E-state index in [1.165, 1.54) is 0 Å². The van der Waals surface area contributed by atoms with Crippen LogP contribution in [0.3, 0.4) is 0 Å². The number of ether oxygens (including phenoxy) is 3. The van der Waals surface area contributed by atoms with E-state index in [1.807, 2.05) is 0 Å². The molecule has 0 spiro atoms. The van der Waals surface area contributed by atoms with Gasteiger partial charge in [0.25, 0.3) is 5.91 Å². The summed E-state index contributed by atoms with van der Waals surface area (Å²) < 4.78 is 16.5. The number of aryl methyl sites for hydroxylation is 1. The highest BCUT2D eigenvalue weighted by atomic mass is 16.6. The summed E-state index contributed by atoms with van der Waals surface area (Å²) in [5.74, 6) is -2.25. The molecule has 1 aliphatic rings. The van der Waals surface area contributed by atoms with Gasteiger partial charge in [-0.05, 0) is 67.5 Å². The Morgan fingerprint density at radius 2 is 1.67 bits per heavy atom. The molecule has 0 aromatic carbocycles. The normalized spacial score (nSPS) is 17.3. The lowest BCUT2D eigenvalue weighted by molar-refractivity contribution is -0.159. The zero-order chi connectivity index (χ0) is 22.9. The van der Waals surface area contributed by atoms with Crippen molar-refractivity contribution in [1.29, 1.82) is 0 Å². The summed E-state index contributed by atoms with van der Waals surface area (Å²) in [4.78, 5) is 45.0. The molecule has 1 unspecified atom stereocenters. The standard InChI is InChI=1S/C22H30N2O6/c1-9-28-17-15(19(26)29-21(3,4)5)16(20(27)30-22(6,7)8)24(18(17)25)14-12-10-11-13(2)23-14/h10-12,16H,9H2,1-8H3. The lowest BCUT2D eigenvalue weighted by Crippen LogP contribution is -2.46. The highest BCUT2D eigenvalue weighted by Gasteiger charge is 2.51. The Kier molecular flexibility index (Phi) is 6.59. The molecule has 0 saturated heterocycles. The molecule has 1 atom stereocenters. The van der Waals surface area contributed by atoms with Crippen molar-refractivity contribution in [3.05, 3.63) is 35.2 Å². The molecule has 2 rings (SSSR count). The van der Waals surface area contributed by atoms with Crippen LogP contribution in [0.15, 0.2) is 29.5 Å². The number of amides is 1. The van der Waals surface area contributed by atoms with Crippen LogP contribution >= 0.6 is 0 Å². The second kappa shape index (κ2) is 8.45. The number of carbonyl (C=O) groups excluding carboxylic acids is 3. The van der Waals surface area contributed by atoms with Crippen molar-refractivity contribution in [1.82, 2.24) is 4.98 Å². The maximum Gasteiger partial charge on any atom is 0.341 e. The van der Waals surface area contributed by atoms with E-state index in [9.17, 15) is 14.4 Å². The number of carbonyl (C=O) groups is 3. The van der Waals surface area contributed by atoms with Gasteiger partial charge in [-0.15, -0.1) is 0 Å². The largest absolute Gasteiger partial charge is 0.488 e. The fourth-order valence-corrected chi connectivity index (χ4v) is 2.90. The van der Waals surface area contributed by atoms with Gasteiger partial charge < -0.3 is 14.2 Å². The lowest BCUT2D eigenvalue weighted by Gasteiger charge is -2.28. The molecule has 0 fully saturated rings. The monoisotopic (exact) mass is 418 g/mol. The minimum Gasteiger partial charge on any atom is -0.488 e. The fraction of sp³-hybridized carbons (Fsp3) is 0.545. The maximum absolute atomic E-state index is 13.3. The summed E-state index contributed by atoms with van der Waals surface area (Å²) >= 11 is 0. The summed E-state index contributed by atoms with van der Waals surface area (Å²) in [5.41, 5.74) is -1.21. The molecular formula is C22H30N2O6. The van der Waals surface area contributed by atoms with Gasteiger partial charge in [0.05, 0.1) is 6.61 Å². The van der Waals surface area contributed by atoms with Crippen molar-refractivity contribution in [2.75, 3.05) is 11.5 Å². The number of esters is 2. The van der Waals surface area contributed by atoms with Crippen molar-refractivity contribution < 1.29 is 28.6 Å². The Hall–Kier alpha value is -2.90. The zero-order valence-electron chi connectivity index (χ0n) is 18.9. The first-order valence-corrected chi connectivity index (χ1v) is 9.85. The van der Waals surface area contributed by atoms with Crippen LogP contribution in [-0.4, -0.2) is 46.7 Å². The average Bonchev–Trinajstić information content (AvgIpc) is 2.85. The predicted molar refractivity (Wildman–Crippen MR) is 111 cm³/mol. The third-order valence-electron chi connectivity index (χ3n) is 3.85. The smallest absolute Gasteiger partial charge is 0.341 e. The van der Waals surface area contributed by atoms with Crippen molar-refractivity contribution in [2.24, 2.45) is 0 Å². The Morgan fingerprint density at radius 3 is 2.17 bits per heavy atom. The van der Waals surface area contributed by atoms with Crippen molar-refractivity contribution >= 4 is 23.7 Å². The zero-order valence-corrected chi connectivity index (χ0v) is 18.9. The first-order valence-electron chi connectivity index (χ1n) is 9.85. The topological polar surface area (TPSA) is 95.0 Å². The molecule has 1 aliphatic heterocycles. The van der Waals surface area contributed by atoms with Crippen LogP contribution in [0.1, 0.15) is 54.2 Å². The number of anilines is 1. The molecule has 30 heavy (non-hydrogen) atoms. The predicted octanol–water partition coefficient (Wildman–Crippen LogP) is 3.08. The molecule has 1 aromatic rings.